The quantitative estimate of drug-likeness (QED) is 0.490. The van der Waals surface area contributed by atoms with Crippen molar-refractivity contribution in [2.75, 3.05) is 0 Å². The van der Waals surface area contributed by atoms with Gasteiger partial charge in [0.1, 0.15) is 12.4 Å². The molecule has 0 aliphatic rings. The Kier molecular flexibility index (Phi) is 7.97. The molecule has 3 rings (SSSR count). The minimum atomic E-state index is -3.37. The molecule has 0 saturated carbocycles. The van der Waals surface area contributed by atoms with Crippen LogP contribution >= 0.6 is 0 Å². The monoisotopic (exact) mass is 453 g/mol. The molecule has 1 amide bonds. The average Bonchev–Trinajstić information content (AvgIpc) is 2.77. The maximum Gasteiger partial charge on any atom is 0.251 e. The van der Waals surface area contributed by atoms with Gasteiger partial charge in [0.05, 0.1) is 5.75 Å². The number of pyridine rings is 1. The topological polar surface area (TPSA) is 97.4 Å². The largest absolute Gasteiger partial charge is 0.489 e. The van der Waals surface area contributed by atoms with Gasteiger partial charge in [-0.15, -0.1) is 0 Å². The van der Waals surface area contributed by atoms with Gasteiger partial charge in [-0.05, 0) is 49.2 Å². The third kappa shape index (κ3) is 7.47. The fraction of sp³-hybridized carbons (Fsp3) is 0.250. The minimum absolute atomic E-state index is 0.0797. The standard InChI is InChI=1S/C24H27N3O4S/c1-18(2)27-32(29,30)17-20-10-8-19(9-11-20)15-26-24(28)22-6-3-7-23(13-22)31-16-21-5-4-12-25-14-21/h3-14,18,27H,15-17H2,1-2H3,(H,26,28). The molecule has 0 unspecified atom stereocenters. The fourth-order valence-corrected chi connectivity index (χ4v) is 4.47. The van der Waals surface area contributed by atoms with Crippen LogP contribution in [0.15, 0.2) is 73.1 Å². The molecule has 0 atom stereocenters. The Hall–Kier alpha value is -3.23. The number of hydrogen-bond acceptors (Lipinski definition) is 5. The van der Waals surface area contributed by atoms with Gasteiger partial charge in [0.15, 0.2) is 0 Å². The van der Waals surface area contributed by atoms with Crippen molar-refractivity contribution in [1.29, 1.82) is 0 Å². The Morgan fingerprint density at radius 3 is 2.44 bits per heavy atom. The first-order chi connectivity index (χ1) is 15.3. The van der Waals surface area contributed by atoms with Crippen molar-refractivity contribution in [3.05, 3.63) is 95.3 Å². The van der Waals surface area contributed by atoms with Crippen LogP contribution in [0.3, 0.4) is 0 Å². The van der Waals surface area contributed by atoms with Crippen LogP contribution in [0.2, 0.25) is 0 Å². The lowest BCUT2D eigenvalue weighted by Crippen LogP contribution is -2.31. The molecule has 7 nitrogen and oxygen atoms in total. The van der Waals surface area contributed by atoms with Crippen LogP contribution in [0, 0.1) is 0 Å². The molecule has 168 valence electrons. The lowest BCUT2D eigenvalue weighted by atomic mass is 10.1. The lowest BCUT2D eigenvalue weighted by Gasteiger charge is -2.11. The highest BCUT2D eigenvalue weighted by atomic mass is 32.2. The molecule has 0 aliphatic carbocycles. The second-order valence-electron chi connectivity index (χ2n) is 7.71. The van der Waals surface area contributed by atoms with E-state index >= 15 is 0 Å². The summed E-state index contributed by atoms with van der Waals surface area (Å²) in [6, 6.07) is 17.8. The molecule has 2 N–H and O–H groups in total. The van der Waals surface area contributed by atoms with Crippen LogP contribution in [0.4, 0.5) is 0 Å². The van der Waals surface area contributed by atoms with Crippen LogP contribution in [0.5, 0.6) is 5.75 Å². The number of rotatable bonds is 10. The molecule has 1 aromatic heterocycles. The number of aromatic nitrogens is 1. The summed E-state index contributed by atoms with van der Waals surface area (Å²) in [6.07, 6.45) is 3.44. The molecule has 32 heavy (non-hydrogen) atoms. The van der Waals surface area contributed by atoms with E-state index in [-0.39, 0.29) is 17.7 Å². The lowest BCUT2D eigenvalue weighted by molar-refractivity contribution is 0.0950. The minimum Gasteiger partial charge on any atom is -0.489 e. The zero-order chi connectivity index (χ0) is 23.0. The third-order valence-corrected chi connectivity index (χ3v) is 6.02. The first-order valence-electron chi connectivity index (χ1n) is 10.3. The fourth-order valence-electron chi connectivity index (χ4n) is 3.04. The number of carbonyl (C=O) groups excluding carboxylic acids is 1. The van der Waals surface area contributed by atoms with E-state index in [0.717, 1.165) is 11.1 Å². The van der Waals surface area contributed by atoms with Gasteiger partial charge < -0.3 is 10.1 Å². The Balaban J connectivity index is 1.53. The van der Waals surface area contributed by atoms with Gasteiger partial charge in [0.2, 0.25) is 10.0 Å². The van der Waals surface area contributed by atoms with Crippen LogP contribution < -0.4 is 14.8 Å². The Morgan fingerprint density at radius 1 is 1.00 bits per heavy atom. The number of nitrogens with zero attached hydrogens (tertiary/aromatic N) is 1. The third-order valence-electron chi connectivity index (χ3n) is 4.47. The van der Waals surface area contributed by atoms with Crippen molar-refractivity contribution in [3.8, 4) is 5.75 Å². The van der Waals surface area contributed by atoms with Gasteiger partial charge in [-0.3, -0.25) is 9.78 Å². The van der Waals surface area contributed by atoms with E-state index in [1.54, 1.807) is 62.6 Å². The van der Waals surface area contributed by atoms with E-state index in [4.69, 9.17) is 4.74 Å². The Morgan fingerprint density at radius 2 is 1.75 bits per heavy atom. The van der Waals surface area contributed by atoms with Crippen molar-refractivity contribution in [2.24, 2.45) is 0 Å². The molecule has 2 aromatic carbocycles. The number of ether oxygens (including phenoxy) is 1. The molecule has 0 radical (unpaired) electrons. The Bertz CT molecular complexity index is 1130. The zero-order valence-corrected chi connectivity index (χ0v) is 18.9. The maximum atomic E-state index is 12.5. The molecule has 0 bridgehead atoms. The molecule has 1 heterocycles. The highest BCUT2D eigenvalue weighted by Crippen LogP contribution is 2.15. The molecular weight excluding hydrogens is 426 g/mol. The first kappa shape index (κ1) is 23.4. The summed E-state index contributed by atoms with van der Waals surface area (Å²) in [7, 11) is -3.37. The molecular formula is C24H27N3O4S. The van der Waals surface area contributed by atoms with Gasteiger partial charge in [-0.2, -0.15) is 0 Å². The highest BCUT2D eigenvalue weighted by Gasteiger charge is 2.13. The summed E-state index contributed by atoms with van der Waals surface area (Å²) < 4.78 is 32.4. The van der Waals surface area contributed by atoms with Crippen molar-refractivity contribution < 1.29 is 17.9 Å². The van der Waals surface area contributed by atoms with Crippen molar-refractivity contribution in [1.82, 2.24) is 15.0 Å². The predicted octanol–water partition coefficient (Wildman–Crippen LogP) is 3.42. The summed E-state index contributed by atoms with van der Waals surface area (Å²) in [5.41, 5.74) is 3.00. The van der Waals surface area contributed by atoms with Crippen LogP contribution in [-0.2, 0) is 28.9 Å². The van der Waals surface area contributed by atoms with Gasteiger partial charge in [0, 0.05) is 36.1 Å². The van der Waals surface area contributed by atoms with Gasteiger partial charge in [-0.1, -0.05) is 36.4 Å². The van der Waals surface area contributed by atoms with E-state index in [1.807, 2.05) is 24.3 Å². The van der Waals surface area contributed by atoms with Gasteiger partial charge in [-0.25, -0.2) is 13.1 Å². The van der Waals surface area contributed by atoms with Crippen LogP contribution in [0.1, 0.15) is 40.9 Å². The van der Waals surface area contributed by atoms with Crippen molar-refractivity contribution >= 4 is 15.9 Å². The molecule has 8 heteroatoms. The number of hydrogen-bond donors (Lipinski definition) is 2. The summed E-state index contributed by atoms with van der Waals surface area (Å²) in [6.45, 7) is 4.27. The summed E-state index contributed by atoms with van der Waals surface area (Å²) in [4.78, 5) is 16.6. The molecule has 3 aromatic rings. The predicted molar refractivity (Wildman–Crippen MR) is 124 cm³/mol. The summed E-state index contributed by atoms with van der Waals surface area (Å²) in [5.74, 6) is 0.301. The highest BCUT2D eigenvalue weighted by molar-refractivity contribution is 7.88. The normalized spacial score (nSPS) is 11.3. The molecule has 0 aliphatic heterocycles. The van der Waals surface area contributed by atoms with E-state index in [0.29, 0.717) is 30.0 Å². The van der Waals surface area contributed by atoms with Crippen LogP contribution in [-0.4, -0.2) is 25.4 Å². The first-order valence-corrected chi connectivity index (χ1v) is 11.9. The smallest absolute Gasteiger partial charge is 0.251 e. The maximum absolute atomic E-state index is 12.5. The SMILES string of the molecule is CC(C)NS(=O)(=O)Cc1ccc(CNC(=O)c2cccc(OCc3cccnc3)c2)cc1. The summed E-state index contributed by atoms with van der Waals surface area (Å²) in [5, 5.41) is 2.87. The van der Waals surface area contributed by atoms with E-state index in [2.05, 4.69) is 15.0 Å². The van der Waals surface area contributed by atoms with E-state index in [1.165, 1.54) is 0 Å². The van der Waals surface area contributed by atoms with Gasteiger partial charge in [0.25, 0.3) is 5.91 Å². The van der Waals surface area contributed by atoms with Crippen LogP contribution in [0.25, 0.3) is 0 Å². The van der Waals surface area contributed by atoms with Gasteiger partial charge >= 0.3 is 0 Å². The Labute approximate surface area is 188 Å². The molecule has 0 fully saturated rings. The molecule has 0 saturated heterocycles. The number of carbonyl (C=O) groups is 1. The number of benzene rings is 2. The number of nitrogens with one attached hydrogen (secondary N) is 2. The molecule has 0 spiro atoms. The summed E-state index contributed by atoms with van der Waals surface area (Å²) >= 11 is 0. The average molecular weight is 454 g/mol. The van der Waals surface area contributed by atoms with Crippen molar-refractivity contribution in [3.63, 3.8) is 0 Å². The van der Waals surface area contributed by atoms with Crippen molar-refractivity contribution in [2.45, 2.75) is 38.8 Å². The number of sulfonamides is 1. The van der Waals surface area contributed by atoms with E-state index in [9.17, 15) is 13.2 Å². The second-order valence-corrected chi connectivity index (χ2v) is 9.46. The number of amides is 1. The zero-order valence-electron chi connectivity index (χ0n) is 18.1. The van der Waals surface area contributed by atoms with E-state index < -0.39 is 10.0 Å². The second kappa shape index (κ2) is 10.9.